The van der Waals surface area contributed by atoms with Crippen molar-refractivity contribution < 1.29 is 0 Å². The topological polar surface area (TPSA) is 64.5 Å². The van der Waals surface area contributed by atoms with Crippen LogP contribution in [0.2, 0.25) is 0 Å². The Morgan fingerprint density at radius 2 is 0.771 bits per heavy atom. The van der Waals surface area contributed by atoms with Crippen LogP contribution in [0.4, 0.5) is 0 Å². The summed E-state index contributed by atoms with van der Waals surface area (Å²) in [5.41, 5.74) is 10.5. The Morgan fingerprint density at radius 1 is 0.333 bits per heavy atom. The van der Waals surface area contributed by atoms with Crippen molar-refractivity contribution >= 4 is 32.6 Å². The minimum absolute atomic E-state index is 0.608. The van der Waals surface area contributed by atoms with Gasteiger partial charge in [0.2, 0.25) is 0 Å². The van der Waals surface area contributed by atoms with Crippen molar-refractivity contribution in [3.63, 3.8) is 0 Å². The van der Waals surface area contributed by atoms with Gasteiger partial charge in [-0.05, 0) is 44.8 Å². The van der Waals surface area contributed by atoms with E-state index >= 15 is 0 Å². The Hall–Kier alpha value is -6.59. The maximum atomic E-state index is 5.11. The Labute approximate surface area is 277 Å². The molecule has 0 fully saturated rings. The summed E-state index contributed by atoms with van der Waals surface area (Å²) in [5, 5.41) is 13.7. The molecule has 5 nitrogen and oxygen atoms in total. The maximum Gasteiger partial charge on any atom is 0.181 e. The van der Waals surface area contributed by atoms with Gasteiger partial charge in [0.05, 0.1) is 28.6 Å². The second kappa shape index (κ2) is 11.6. The fourth-order valence-corrected chi connectivity index (χ4v) is 6.62. The number of fused-ring (bicyclic) bond motifs is 3. The van der Waals surface area contributed by atoms with Crippen LogP contribution in [-0.4, -0.2) is 25.1 Å². The van der Waals surface area contributed by atoms with Crippen molar-refractivity contribution in [3.05, 3.63) is 164 Å². The lowest BCUT2D eigenvalue weighted by molar-refractivity contribution is 0.989. The molecule has 48 heavy (non-hydrogen) atoms. The van der Waals surface area contributed by atoms with Crippen LogP contribution in [0.1, 0.15) is 0 Å². The lowest BCUT2D eigenvalue weighted by Gasteiger charge is -2.17. The third-order valence-corrected chi connectivity index (χ3v) is 8.85. The van der Waals surface area contributed by atoms with Crippen LogP contribution < -0.4 is 0 Å². The summed E-state index contributed by atoms with van der Waals surface area (Å²) in [5.74, 6) is 0.608. The van der Waals surface area contributed by atoms with Crippen LogP contribution >= 0.6 is 0 Å². The Morgan fingerprint density at radius 3 is 1.29 bits per heavy atom. The zero-order chi connectivity index (χ0) is 31.9. The van der Waals surface area contributed by atoms with Crippen molar-refractivity contribution in [1.82, 2.24) is 25.1 Å². The largest absolute Gasteiger partial charge is 0.244 e. The quantitative estimate of drug-likeness (QED) is 0.181. The molecule has 7 aromatic carbocycles. The highest BCUT2D eigenvalue weighted by atomic mass is 15.2. The monoisotopic (exact) mass is 613 g/mol. The molecule has 224 valence electrons. The van der Waals surface area contributed by atoms with Crippen molar-refractivity contribution in [2.45, 2.75) is 0 Å². The van der Waals surface area contributed by atoms with Gasteiger partial charge in [-0.25, -0.2) is 15.0 Å². The van der Waals surface area contributed by atoms with E-state index in [1.165, 1.54) is 5.56 Å². The first kappa shape index (κ1) is 27.7. The predicted octanol–water partition coefficient (Wildman–Crippen LogP) is 10.5. The van der Waals surface area contributed by atoms with Gasteiger partial charge in [0.25, 0.3) is 0 Å². The number of nitrogens with zero attached hydrogens (tertiary/aromatic N) is 5. The van der Waals surface area contributed by atoms with Crippen molar-refractivity contribution in [2.75, 3.05) is 0 Å². The molecule has 0 saturated carbocycles. The molecule has 0 unspecified atom stereocenters. The molecule has 9 aromatic rings. The van der Waals surface area contributed by atoms with E-state index in [9.17, 15) is 0 Å². The number of para-hydroxylation sites is 2. The molecule has 0 spiro atoms. The molecule has 0 atom stereocenters. The molecule has 2 aromatic heterocycles. The molecule has 0 radical (unpaired) electrons. The first-order valence-corrected chi connectivity index (χ1v) is 15.9. The van der Waals surface area contributed by atoms with E-state index in [4.69, 9.17) is 20.1 Å². The summed E-state index contributed by atoms with van der Waals surface area (Å²) in [4.78, 5) is 14.9. The summed E-state index contributed by atoms with van der Waals surface area (Å²) in [6.07, 6.45) is 1.84. The molecule has 5 heteroatoms. The lowest BCUT2D eigenvalue weighted by Crippen LogP contribution is -1.97. The highest BCUT2D eigenvalue weighted by Gasteiger charge is 2.19. The summed E-state index contributed by atoms with van der Waals surface area (Å²) in [7, 11) is 0. The summed E-state index contributed by atoms with van der Waals surface area (Å²) in [6.45, 7) is 0. The highest BCUT2D eigenvalue weighted by Crippen LogP contribution is 2.43. The van der Waals surface area contributed by atoms with Crippen LogP contribution in [0, 0.1) is 0 Å². The van der Waals surface area contributed by atoms with Crippen molar-refractivity contribution in [1.29, 1.82) is 0 Å². The van der Waals surface area contributed by atoms with Crippen LogP contribution in [0.25, 0.3) is 88.9 Å². The van der Waals surface area contributed by atoms with Gasteiger partial charge in [0.15, 0.2) is 5.82 Å². The Balaban J connectivity index is 1.20. The SMILES string of the molecule is c1ccc(-c2ncc(-c3c4ccccc4c(-c4ccc(-c5nc6ccccc6nc5-c5ccccc5)cc4)c4ccccc34)nn2)cc1. The van der Waals surface area contributed by atoms with Gasteiger partial charge in [-0.2, -0.15) is 0 Å². The van der Waals surface area contributed by atoms with E-state index in [1.54, 1.807) is 0 Å². The Bertz CT molecular complexity index is 2530. The lowest BCUT2D eigenvalue weighted by atomic mass is 9.87. The number of hydrogen-bond donors (Lipinski definition) is 0. The molecule has 0 aliphatic heterocycles. The standard InChI is InChI=1S/C43H27N5/c1-3-13-29(14-4-1)41-42(46-37-22-12-11-21-36(37)45-41)30-25-23-28(24-26-30)39-32-17-7-9-19-34(32)40(35-20-10-8-18-33(35)39)38-27-44-43(48-47-38)31-15-5-2-6-16-31/h1-27H. The number of aromatic nitrogens is 5. The Kier molecular flexibility index (Phi) is 6.72. The summed E-state index contributed by atoms with van der Waals surface area (Å²) < 4.78 is 0. The molecule has 0 saturated heterocycles. The second-order valence-electron chi connectivity index (χ2n) is 11.7. The summed E-state index contributed by atoms with van der Waals surface area (Å²) in [6, 6.07) is 54.0. The van der Waals surface area contributed by atoms with Gasteiger partial charge in [0.1, 0.15) is 5.69 Å². The van der Waals surface area contributed by atoms with Gasteiger partial charge >= 0.3 is 0 Å². The summed E-state index contributed by atoms with van der Waals surface area (Å²) >= 11 is 0. The molecule has 0 bridgehead atoms. The van der Waals surface area contributed by atoms with E-state index in [0.29, 0.717) is 5.82 Å². The zero-order valence-corrected chi connectivity index (χ0v) is 25.8. The molecule has 0 amide bonds. The van der Waals surface area contributed by atoms with Gasteiger partial charge in [-0.3, -0.25) is 0 Å². The van der Waals surface area contributed by atoms with E-state index in [2.05, 4.69) is 90.0 Å². The third-order valence-electron chi connectivity index (χ3n) is 8.85. The first-order valence-electron chi connectivity index (χ1n) is 15.9. The average molecular weight is 614 g/mol. The van der Waals surface area contributed by atoms with Crippen LogP contribution in [0.15, 0.2) is 164 Å². The molecule has 9 rings (SSSR count). The van der Waals surface area contributed by atoms with Crippen molar-refractivity contribution in [3.8, 4) is 56.3 Å². The number of benzene rings is 7. The highest BCUT2D eigenvalue weighted by molar-refractivity contribution is 6.21. The van der Waals surface area contributed by atoms with Crippen molar-refractivity contribution in [2.24, 2.45) is 0 Å². The number of hydrogen-bond acceptors (Lipinski definition) is 5. The molecule has 0 aliphatic rings. The molecule has 2 heterocycles. The van der Waals surface area contributed by atoms with Crippen LogP contribution in [-0.2, 0) is 0 Å². The minimum Gasteiger partial charge on any atom is -0.244 e. The van der Waals surface area contributed by atoms with Crippen LogP contribution in [0.5, 0.6) is 0 Å². The average Bonchev–Trinajstić information content (AvgIpc) is 3.17. The van der Waals surface area contributed by atoms with E-state index < -0.39 is 0 Å². The molecular weight excluding hydrogens is 587 g/mol. The van der Waals surface area contributed by atoms with Crippen LogP contribution in [0.3, 0.4) is 0 Å². The van der Waals surface area contributed by atoms with Gasteiger partial charge in [-0.1, -0.05) is 146 Å². The van der Waals surface area contributed by atoms with E-state index in [-0.39, 0.29) is 0 Å². The zero-order valence-electron chi connectivity index (χ0n) is 25.8. The minimum atomic E-state index is 0.608. The molecule has 0 aliphatic carbocycles. The second-order valence-corrected chi connectivity index (χ2v) is 11.7. The molecular formula is C43H27N5. The molecule has 0 N–H and O–H groups in total. The maximum absolute atomic E-state index is 5.11. The predicted molar refractivity (Wildman–Crippen MR) is 195 cm³/mol. The van der Waals surface area contributed by atoms with Gasteiger partial charge in [-0.15, -0.1) is 10.2 Å². The third kappa shape index (κ3) is 4.77. The smallest absolute Gasteiger partial charge is 0.181 e. The van der Waals surface area contributed by atoms with Gasteiger partial charge < -0.3 is 0 Å². The van der Waals surface area contributed by atoms with Gasteiger partial charge in [0, 0.05) is 22.3 Å². The fourth-order valence-electron chi connectivity index (χ4n) is 6.62. The van der Waals surface area contributed by atoms with E-state index in [0.717, 1.165) is 77.5 Å². The normalized spacial score (nSPS) is 11.3. The van der Waals surface area contributed by atoms with E-state index in [1.807, 2.05) is 79.0 Å². The number of rotatable bonds is 5. The fraction of sp³-hybridized carbons (Fsp3) is 0. The first-order chi connectivity index (χ1) is 23.8.